The molecule has 3 N–H and O–H groups in total. The van der Waals surface area contributed by atoms with Gasteiger partial charge < -0.3 is 5.73 Å². The first kappa shape index (κ1) is 14.5. The highest BCUT2D eigenvalue weighted by molar-refractivity contribution is 7.89. The minimum absolute atomic E-state index is 0.127. The number of sulfonamides is 1. The van der Waals surface area contributed by atoms with Gasteiger partial charge in [0.1, 0.15) is 10.7 Å². The Bertz CT molecular complexity index is 544. The lowest BCUT2D eigenvalue weighted by atomic mass is 10.2. The van der Waals surface area contributed by atoms with Gasteiger partial charge in [-0.25, -0.2) is 17.5 Å². The van der Waals surface area contributed by atoms with Crippen LogP contribution in [0.15, 0.2) is 23.1 Å². The fourth-order valence-corrected chi connectivity index (χ4v) is 3.01. The number of terminal acetylenes is 1. The summed E-state index contributed by atoms with van der Waals surface area (Å²) in [7, 11) is -4.00. The second-order valence-corrected chi connectivity index (χ2v) is 5.44. The monoisotopic (exact) mass is 270 g/mol. The summed E-state index contributed by atoms with van der Waals surface area (Å²) in [6, 6.07) is 3.30. The lowest BCUT2D eigenvalue weighted by molar-refractivity contribution is 0.532. The van der Waals surface area contributed by atoms with Crippen molar-refractivity contribution in [3.05, 3.63) is 24.0 Å². The second kappa shape index (κ2) is 5.85. The van der Waals surface area contributed by atoms with Crippen molar-refractivity contribution in [3.8, 4) is 12.3 Å². The van der Waals surface area contributed by atoms with E-state index in [-0.39, 0.29) is 12.1 Å². The smallest absolute Gasteiger partial charge is 0.245 e. The van der Waals surface area contributed by atoms with E-state index >= 15 is 0 Å². The number of hydrogen-bond donors (Lipinski definition) is 2. The zero-order valence-corrected chi connectivity index (χ0v) is 10.8. The first-order chi connectivity index (χ1) is 8.42. The molecule has 0 fully saturated rings. The van der Waals surface area contributed by atoms with Gasteiger partial charge in [-0.1, -0.05) is 13.0 Å². The third-order valence-electron chi connectivity index (χ3n) is 2.45. The van der Waals surface area contributed by atoms with Gasteiger partial charge in [0.05, 0.1) is 5.69 Å². The van der Waals surface area contributed by atoms with Gasteiger partial charge in [0, 0.05) is 12.5 Å². The Morgan fingerprint density at radius 2 is 2.22 bits per heavy atom. The third-order valence-corrected chi connectivity index (χ3v) is 4.06. The molecule has 1 aromatic rings. The van der Waals surface area contributed by atoms with E-state index < -0.39 is 26.8 Å². The molecule has 18 heavy (non-hydrogen) atoms. The van der Waals surface area contributed by atoms with E-state index in [1.807, 2.05) is 0 Å². The molecule has 0 spiro atoms. The molecule has 1 unspecified atom stereocenters. The van der Waals surface area contributed by atoms with Crippen LogP contribution in [0.1, 0.15) is 19.8 Å². The van der Waals surface area contributed by atoms with Crippen LogP contribution in [0.3, 0.4) is 0 Å². The Balaban J connectivity index is 3.11. The molecule has 4 nitrogen and oxygen atoms in total. The minimum Gasteiger partial charge on any atom is -0.398 e. The van der Waals surface area contributed by atoms with Crippen molar-refractivity contribution in [3.63, 3.8) is 0 Å². The summed E-state index contributed by atoms with van der Waals surface area (Å²) in [6.45, 7) is 1.79. The highest BCUT2D eigenvalue weighted by Crippen LogP contribution is 2.22. The minimum atomic E-state index is -4.00. The molecule has 1 rings (SSSR count). The standard InChI is InChI=1S/C12H15FN2O2S/c1-3-6-9(4-2)15-18(16,17)12-10(13)7-5-8-11(12)14/h1,5,7-9,15H,4,6,14H2,2H3. The second-order valence-electron chi connectivity index (χ2n) is 3.79. The van der Waals surface area contributed by atoms with Gasteiger partial charge in [-0.15, -0.1) is 12.3 Å². The average molecular weight is 270 g/mol. The molecule has 1 atom stereocenters. The summed E-state index contributed by atoms with van der Waals surface area (Å²) < 4.78 is 39.9. The molecule has 0 radical (unpaired) electrons. The van der Waals surface area contributed by atoms with Gasteiger partial charge in [-0.3, -0.25) is 0 Å². The lowest BCUT2D eigenvalue weighted by Gasteiger charge is -2.15. The summed E-state index contributed by atoms with van der Waals surface area (Å²) in [5.41, 5.74) is 5.37. The zero-order valence-electron chi connectivity index (χ0n) is 9.98. The van der Waals surface area contributed by atoms with Gasteiger partial charge in [-0.2, -0.15) is 0 Å². The van der Waals surface area contributed by atoms with E-state index in [9.17, 15) is 12.8 Å². The average Bonchev–Trinajstić information content (AvgIpc) is 2.27. The Hall–Kier alpha value is -1.58. The Morgan fingerprint density at radius 1 is 1.56 bits per heavy atom. The van der Waals surface area contributed by atoms with E-state index in [4.69, 9.17) is 12.2 Å². The molecule has 6 heteroatoms. The first-order valence-electron chi connectivity index (χ1n) is 5.42. The van der Waals surface area contributed by atoms with E-state index in [2.05, 4.69) is 10.6 Å². The van der Waals surface area contributed by atoms with Crippen LogP contribution in [0, 0.1) is 18.2 Å². The van der Waals surface area contributed by atoms with Gasteiger partial charge in [0.25, 0.3) is 0 Å². The van der Waals surface area contributed by atoms with Crippen molar-refractivity contribution in [2.45, 2.75) is 30.7 Å². The summed E-state index contributed by atoms with van der Waals surface area (Å²) in [5, 5.41) is 0. The van der Waals surface area contributed by atoms with Crippen LogP contribution >= 0.6 is 0 Å². The molecule has 0 aliphatic rings. The fourth-order valence-electron chi connectivity index (χ4n) is 1.50. The van der Waals surface area contributed by atoms with Gasteiger partial charge in [0.2, 0.25) is 10.0 Å². The number of nitrogen functional groups attached to an aromatic ring is 1. The third kappa shape index (κ3) is 3.22. The molecule has 0 heterocycles. The molecule has 0 aromatic heterocycles. The number of rotatable bonds is 5. The van der Waals surface area contributed by atoms with E-state index in [1.54, 1.807) is 6.92 Å². The van der Waals surface area contributed by atoms with Crippen LogP contribution in [0.4, 0.5) is 10.1 Å². The van der Waals surface area contributed by atoms with E-state index in [1.165, 1.54) is 12.1 Å². The van der Waals surface area contributed by atoms with Gasteiger partial charge >= 0.3 is 0 Å². The molecule has 0 aliphatic carbocycles. The summed E-state index contributed by atoms with van der Waals surface area (Å²) in [5.74, 6) is 1.49. The van der Waals surface area contributed by atoms with Crippen molar-refractivity contribution in [2.24, 2.45) is 0 Å². The maximum absolute atomic E-state index is 13.5. The van der Waals surface area contributed by atoms with Crippen molar-refractivity contribution in [1.29, 1.82) is 0 Å². The predicted octanol–water partition coefficient (Wildman–Crippen LogP) is 1.49. The van der Waals surface area contributed by atoms with Crippen LogP contribution in [-0.4, -0.2) is 14.5 Å². The van der Waals surface area contributed by atoms with Crippen LogP contribution in [0.2, 0.25) is 0 Å². The van der Waals surface area contributed by atoms with Gasteiger partial charge in [0.15, 0.2) is 0 Å². The Labute approximate surface area is 106 Å². The molecule has 0 saturated heterocycles. The van der Waals surface area contributed by atoms with E-state index in [0.717, 1.165) is 6.07 Å². The lowest BCUT2D eigenvalue weighted by Crippen LogP contribution is -2.35. The first-order valence-corrected chi connectivity index (χ1v) is 6.90. The van der Waals surface area contributed by atoms with E-state index in [0.29, 0.717) is 6.42 Å². The summed E-state index contributed by atoms with van der Waals surface area (Å²) >= 11 is 0. The normalized spacial score (nSPS) is 12.9. The number of hydrogen-bond acceptors (Lipinski definition) is 3. The maximum Gasteiger partial charge on any atom is 0.245 e. The largest absolute Gasteiger partial charge is 0.398 e. The molecule has 0 bridgehead atoms. The topological polar surface area (TPSA) is 72.2 Å². The van der Waals surface area contributed by atoms with Crippen LogP contribution in [0.5, 0.6) is 0 Å². The fraction of sp³-hybridized carbons (Fsp3) is 0.333. The molecule has 98 valence electrons. The quantitative estimate of drug-likeness (QED) is 0.629. The SMILES string of the molecule is C#CCC(CC)NS(=O)(=O)c1c(N)cccc1F. The van der Waals surface area contributed by atoms with Crippen molar-refractivity contribution in [1.82, 2.24) is 4.72 Å². The zero-order chi connectivity index (χ0) is 13.8. The summed E-state index contributed by atoms with van der Waals surface area (Å²) in [6.07, 6.45) is 5.89. The molecule has 1 aromatic carbocycles. The van der Waals surface area contributed by atoms with Crippen molar-refractivity contribution < 1.29 is 12.8 Å². The number of nitrogens with one attached hydrogen (secondary N) is 1. The number of nitrogens with two attached hydrogens (primary N) is 1. The number of benzene rings is 1. The number of anilines is 1. The molecule has 0 saturated carbocycles. The van der Waals surface area contributed by atoms with Crippen LogP contribution in [-0.2, 0) is 10.0 Å². The molecular formula is C12H15FN2O2S. The highest BCUT2D eigenvalue weighted by Gasteiger charge is 2.24. The Morgan fingerprint density at radius 3 is 2.72 bits per heavy atom. The van der Waals surface area contributed by atoms with Crippen molar-refractivity contribution in [2.75, 3.05) is 5.73 Å². The molecule has 0 amide bonds. The van der Waals surface area contributed by atoms with Crippen LogP contribution in [0.25, 0.3) is 0 Å². The number of halogens is 1. The maximum atomic E-state index is 13.5. The predicted molar refractivity (Wildman–Crippen MR) is 68.7 cm³/mol. The molecule has 0 aliphatic heterocycles. The summed E-state index contributed by atoms with van der Waals surface area (Å²) in [4.78, 5) is -0.527. The molecular weight excluding hydrogens is 255 g/mol. The van der Waals surface area contributed by atoms with Crippen molar-refractivity contribution >= 4 is 15.7 Å². The van der Waals surface area contributed by atoms with Gasteiger partial charge in [-0.05, 0) is 18.6 Å². The highest BCUT2D eigenvalue weighted by atomic mass is 32.2. The Kier molecular flexibility index (Phi) is 4.70. The van der Waals surface area contributed by atoms with Crippen LogP contribution < -0.4 is 10.5 Å².